The Morgan fingerprint density at radius 1 is 1.12 bits per heavy atom. The molecule has 1 heterocycles. The molecule has 0 atom stereocenters. The molecule has 1 aliphatic heterocycles. The van der Waals surface area contributed by atoms with Crippen LogP contribution in [0.3, 0.4) is 0 Å². The van der Waals surface area contributed by atoms with Gasteiger partial charge in [-0.1, -0.05) is 19.1 Å². The molecule has 0 amide bonds. The van der Waals surface area contributed by atoms with Crippen molar-refractivity contribution in [1.82, 2.24) is 4.90 Å². The molecule has 0 spiro atoms. The van der Waals surface area contributed by atoms with Crippen molar-refractivity contribution in [3.63, 3.8) is 0 Å². The fraction of sp³-hybridized carbons (Fsp3) is 0.600. The fourth-order valence-corrected chi connectivity index (χ4v) is 2.38. The van der Waals surface area contributed by atoms with Gasteiger partial charge in [0.25, 0.3) is 0 Å². The maximum atomic E-state index is 2.57. The lowest BCUT2D eigenvalue weighted by atomic mass is 9.99. The minimum absolute atomic E-state index is 0.919. The Kier molecular flexibility index (Phi) is 4.06. The Morgan fingerprint density at radius 3 is 2.24 bits per heavy atom. The van der Waals surface area contributed by atoms with Gasteiger partial charge in [0.1, 0.15) is 0 Å². The third kappa shape index (κ3) is 3.47. The molecule has 0 N–H and O–H groups in total. The van der Waals surface area contributed by atoms with Gasteiger partial charge in [-0.3, -0.25) is 4.90 Å². The second kappa shape index (κ2) is 5.54. The molecule has 0 bridgehead atoms. The SMILES string of the molecule is CC1CCN(Cc2ccc(N(C)C)cc2)CC1. The van der Waals surface area contributed by atoms with Crippen LogP contribution in [0.25, 0.3) is 0 Å². The summed E-state index contributed by atoms with van der Waals surface area (Å²) >= 11 is 0. The fourth-order valence-electron chi connectivity index (χ4n) is 2.38. The first-order valence-electron chi connectivity index (χ1n) is 6.64. The second-order valence-electron chi connectivity index (χ2n) is 5.52. The van der Waals surface area contributed by atoms with E-state index < -0.39 is 0 Å². The van der Waals surface area contributed by atoms with Crippen molar-refractivity contribution in [1.29, 1.82) is 0 Å². The van der Waals surface area contributed by atoms with Crippen LogP contribution in [0.4, 0.5) is 5.69 Å². The summed E-state index contributed by atoms with van der Waals surface area (Å²) in [7, 11) is 4.17. The van der Waals surface area contributed by atoms with E-state index in [2.05, 4.69) is 55.1 Å². The van der Waals surface area contributed by atoms with Crippen LogP contribution in [0.5, 0.6) is 0 Å². The highest BCUT2D eigenvalue weighted by Crippen LogP contribution is 2.19. The highest BCUT2D eigenvalue weighted by atomic mass is 15.1. The predicted octanol–water partition coefficient (Wildman–Crippen LogP) is 2.98. The molecular weight excluding hydrogens is 208 g/mol. The zero-order chi connectivity index (χ0) is 12.3. The molecule has 2 rings (SSSR count). The summed E-state index contributed by atoms with van der Waals surface area (Å²) in [5.74, 6) is 0.919. The van der Waals surface area contributed by atoms with Crippen LogP contribution in [0.2, 0.25) is 0 Å². The molecule has 0 saturated carbocycles. The summed E-state index contributed by atoms with van der Waals surface area (Å²) in [5.41, 5.74) is 2.71. The average molecular weight is 232 g/mol. The number of rotatable bonds is 3. The summed E-state index contributed by atoms with van der Waals surface area (Å²) in [6.07, 6.45) is 2.71. The van der Waals surface area contributed by atoms with Crippen LogP contribution in [-0.4, -0.2) is 32.1 Å². The van der Waals surface area contributed by atoms with Gasteiger partial charge < -0.3 is 4.90 Å². The Hall–Kier alpha value is -1.02. The summed E-state index contributed by atoms with van der Waals surface area (Å²) in [6, 6.07) is 8.94. The number of likely N-dealkylation sites (tertiary alicyclic amines) is 1. The van der Waals surface area contributed by atoms with Crippen molar-refractivity contribution in [2.75, 3.05) is 32.1 Å². The molecule has 1 aliphatic rings. The number of benzene rings is 1. The van der Waals surface area contributed by atoms with E-state index in [1.54, 1.807) is 0 Å². The van der Waals surface area contributed by atoms with E-state index in [1.165, 1.54) is 37.2 Å². The van der Waals surface area contributed by atoms with Crippen molar-refractivity contribution in [3.8, 4) is 0 Å². The van der Waals surface area contributed by atoms with Gasteiger partial charge in [0.15, 0.2) is 0 Å². The largest absolute Gasteiger partial charge is 0.378 e. The van der Waals surface area contributed by atoms with Gasteiger partial charge in [-0.05, 0) is 49.5 Å². The van der Waals surface area contributed by atoms with E-state index in [9.17, 15) is 0 Å². The lowest BCUT2D eigenvalue weighted by Gasteiger charge is -2.30. The van der Waals surface area contributed by atoms with Gasteiger partial charge in [0.05, 0.1) is 0 Å². The van der Waals surface area contributed by atoms with Gasteiger partial charge in [-0.25, -0.2) is 0 Å². The number of hydrogen-bond acceptors (Lipinski definition) is 2. The van der Waals surface area contributed by atoms with E-state index in [4.69, 9.17) is 0 Å². The molecule has 2 heteroatoms. The first kappa shape index (κ1) is 12.4. The highest BCUT2D eigenvalue weighted by Gasteiger charge is 2.15. The predicted molar refractivity (Wildman–Crippen MR) is 74.4 cm³/mol. The zero-order valence-electron chi connectivity index (χ0n) is 11.3. The Balaban J connectivity index is 1.90. The minimum atomic E-state index is 0.919. The molecule has 0 radical (unpaired) electrons. The Bertz CT molecular complexity index is 334. The molecular formula is C15H24N2. The van der Waals surface area contributed by atoms with Crippen LogP contribution in [-0.2, 0) is 6.54 Å². The van der Waals surface area contributed by atoms with Crippen molar-refractivity contribution in [2.24, 2.45) is 5.92 Å². The Labute approximate surface area is 105 Å². The van der Waals surface area contributed by atoms with E-state index in [-0.39, 0.29) is 0 Å². The second-order valence-corrected chi connectivity index (χ2v) is 5.52. The summed E-state index contributed by atoms with van der Waals surface area (Å²) in [4.78, 5) is 4.72. The molecule has 2 nitrogen and oxygen atoms in total. The maximum absolute atomic E-state index is 2.57. The van der Waals surface area contributed by atoms with Crippen LogP contribution >= 0.6 is 0 Å². The van der Waals surface area contributed by atoms with Gasteiger partial charge in [-0.2, -0.15) is 0 Å². The Morgan fingerprint density at radius 2 is 1.71 bits per heavy atom. The molecule has 1 saturated heterocycles. The van der Waals surface area contributed by atoms with E-state index in [0.29, 0.717) is 0 Å². The van der Waals surface area contributed by atoms with E-state index in [0.717, 1.165) is 12.5 Å². The van der Waals surface area contributed by atoms with E-state index in [1.807, 2.05) is 0 Å². The third-order valence-corrected chi connectivity index (χ3v) is 3.74. The summed E-state index contributed by atoms with van der Waals surface area (Å²) in [5, 5.41) is 0. The highest BCUT2D eigenvalue weighted by molar-refractivity contribution is 5.45. The normalized spacial score (nSPS) is 18.3. The lowest BCUT2D eigenvalue weighted by molar-refractivity contribution is 0.185. The number of nitrogens with zero attached hydrogens (tertiary/aromatic N) is 2. The molecule has 0 aliphatic carbocycles. The monoisotopic (exact) mass is 232 g/mol. The first-order valence-corrected chi connectivity index (χ1v) is 6.64. The standard InChI is InChI=1S/C15H24N2/c1-13-8-10-17(11-9-13)12-14-4-6-15(7-5-14)16(2)3/h4-7,13H,8-12H2,1-3H3. The van der Waals surface area contributed by atoms with Crippen molar-refractivity contribution in [2.45, 2.75) is 26.3 Å². The minimum Gasteiger partial charge on any atom is -0.378 e. The quantitative estimate of drug-likeness (QED) is 0.790. The topological polar surface area (TPSA) is 6.48 Å². The number of piperidine rings is 1. The van der Waals surface area contributed by atoms with Gasteiger partial charge in [0.2, 0.25) is 0 Å². The van der Waals surface area contributed by atoms with Gasteiger partial charge in [0, 0.05) is 26.3 Å². The molecule has 94 valence electrons. The van der Waals surface area contributed by atoms with Crippen LogP contribution in [0, 0.1) is 5.92 Å². The van der Waals surface area contributed by atoms with Crippen LogP contribution < -0.4 is 4.90 Å². The van der Waals surface area contributed by atoms with Gasteiger partial charge >= 0.3 is 0 Å². The zero-order valence-corrected chi connectivity index (χ0v) is 11.3. The summed E-state index contributed by atoms with van der Waals surface area (Å²) in [6.45, 7) is 6.00. The summed E-state index contributed by atoms with van der Waals surface area (Å²) < 4.78 is 0. The molecule has 1 aromatic rings. The van der Waals surface area contributed by atoms with Crippen molar-refractivity contribution < 1.29 is 0 Å². The average Bonchev–Trinajstić information content (AvgIpc) is 2.33. The molecule has 0 aromatic heterocycles. The van der Waals surface area contributed by atoms with E-state index >= 15 is 0 Å². The molecule has 1 aromatic carbocycles. The van der Waals surface area contributed by atoms with Crippen LogP contribution in [0.1, 0.15) is 25.3 Å². The lowest BCUT2D eigenvalue weighted by Crippen LogP contribution is -2.32. The maximum Gasteiger partial charge on any atom is 0.0361 e. The number of anilines is 1. The molecule has 0 unspecified atom stereocenters. The van der Waals surface area contributed by atoms with Gasteiger partial charge in [-0.15, -0.1) is 0 Å². The first-order chi connectivity index (χ1) is 8.15. The van der Waals surface area contributed by atoms with Crippen molar-refractivity contribution >= 4 is 5.69 Å². The number of hydrogen-bond donors (Lipinski definition) is 0. The van der Waals surface area contributed by atoms with Crippen LogP contribution in [0.15, 0.2) is 24.3 Å². The molecule has 1 fully saturated rings. The van der Waals surface area contributed by atoms with Crippen molar-refractivity contribution in [3.05, 3.63) is 29.8 Å². The molecule has 17 heavy (non-hydrogen) atoms. The third-order valence-electron chi connectivity index (χ3n) is 3.74. The smallest absolute Gasteiger partial charge is 0.0361 e.